The Morgan fingerprint density at radius 1 is 1.10 bits per heavy atom. The summed E-state index contributed by atoms with van der Waals surface area (Å²) in [5.74, 6) is 0. The van der Waals surface area contributed by atoms with E-state index in [-0.39, 0.29) is 6.61 Å². The van der Waals surface area contributed by atoms with E-state index in [9.17, 15) is 9.36 Å². The van der Waals surface area contributed by atoms with Crippen molar-refractivity contribution >= 4 is 13.9 Å². The van der Waals surface area contributed by atoms with Crippen LogP contribution in [0.25, 0.3) is 0 Å². The molecule has 10 heteroatoms. The molecule has 1 amide bonds. The number of phosphoric acid groups is 1. The first kappa shape index (κ1) is 19.3. The number of ether oxygens (including phenoxy) is 1. The van der Waals surface area contributed by atoms with Gasteiger partial charge in [0.25, 0.3) is 0 Å². The average Bonchev–Trinajstić information content (AvgIpc) is 2.37. The first-order chi connectivity index (χ1) is 9.39. The minimum absolute atomic E-state index is 0.00553. The number of unbranched alkanes of at least 4 members (excludes halogenated alkanes) is 3. The Balaban J connectivity index is 3.40. The lowest BCUT2D eigenvalue weighted by molar-refractivity contribution is 0.0223. The summed E-state index contributed by atoms with van der Waals surface area (Å²) in [7, 11) is -4.37. The third-order valence-electron chi connectivity index (χ3n) is 2.28. The van der Waals surface area contributed by atoms with Gasteiger partial charge in [-0.15, -0.1) is 0 Å². The van der Waals surface area contributed by atoms with Crippen LogP contribution in [-0.4, -0.2) is 58.6 Å². The van der Waals surface area contributed by atoms with Crippen LogP contribution in [0, 0.1) is 0 Å². The van der Waals surface area contributed by atoms with Crippen LogP contribution in [0.5, 0.6) is 0 Å². The minimum atomic E-state index is -4.37. The number of aliphatic hydroxyl groups is 2. The van der Waals surface area contributed by atoms with E-state index in [1.165, 1.54) is 0 Å². The van der Waals surface area contributed by atoms with E-state index >= 15 is 0 Å². The van der Waals surface area contributed by atoms with Crippen molar-refractivity contribution in [2.24, 2.45) is 0 Å². The summed E-state index contributed by atoms with van der Waals surface area (Å²) in [4.78, 5) is 28.0. The van der Waals surface area contributed by atoms with Crippen molar-refractivity contribution in [1.82, 2.24) is 5.32 Å². The predicted octanol–water partition coefficient (Wildman–Crippen LogP) is -0.264. The van der Waals surface area contributed by atoms with E-state index < -0.39 is 33.2 Å². The Bertz CT molecular complexity index is 304. The lowest BCUT2D eigenvalue weighted by atomic mass is 10.2. The molecule has 0 aliphatic rings. The van der Waals surface area contributed by atoms with Gasteiger partial charge >= 0.3 is 13.9 Å². The molecule has 0 radical (unpaired) electrons. The molecule has 0 saturated heterocycles. The van der Waals surface area contributed by atoms with Gasteiger partial charge in [0.15, 0.2) is 0 Å². The Kier molecular flexibility index (Phi) is 10.6. The Morgan fingerprint density at radius 3 is 2.25 bits per heavy atom. The zero-order chi connectivity index (χ0) is 15.4. The highest BCUT2D eigenvalue weighted by Gasteiger charge is 2.12. The lowest BCUT2D eigenvalue weighted by Crippen LogP contribution is -2.33. The largest absolute Gasteiger partial charge is 0.469 e. The normalized spacial score (nSPS) is 11.7. The first-order valence-corrected chi connectivity index (χ1v) is 7.78. The summed E-state index contributed by atoms with van der Waals surface area (Å²) >= 11 is 0. The molecule has 0 unspecified atom stereocenters. The third kappa shape index (κ3) is 12.3. The van der Waals surface area contributed by atoms with Crippen LogP contribution in [0.3, 0.4) is 0 Å². The number of amides is 1. The maximum Gasteiger partial charge on any atom is 0.469 e. The molecule has 0 heterocycles. The zero-order valence-corrected chi connectivity index (χ0v) is 12.0. The number of carbonyl (C=O) groups is 1. The second kappa shape index (κ2) is 11.0. The fourth-order valence-corrected chi connectivity index (χ4v) is 1.65. The monoisotopic (exact) mass is 315 g/mol. The molecule has 0 fully saturated rings. The van der Waals surface area contributed by atoms with Gasteiger partial charge in [-0.2, -0.15) is 0 Å². The fraction of sp³-hybridized carbons (Fsp3) is 0.900. The number of alkyl carbamates (subject to hydrolysis) is 1. The SMILES string of the molecule is O=C(NCCCCCCOP(=O)(O)O)OC(CO)CO. The van der Waals surface area contributed by atoms with Crippen LogP contribution < -0.4 is 5.32 Å². The van der Waals surface area contributed by atoms with E-state index in [2.05, 4.69) is 14.6 Å². The minimum Gasteiger partial charge on any atom is -0.441 e. The van der Waals surface area contributed by atoms with E-state index in [0.29, 0.717) is 25.8 Å². The highest BCUT2D eigenvalue weighted by Crippen LogP contribution is 2.35. The van der Waals surface area contributed by atoms with Crippen LogP contribution in [0.15, 0.2) is 0 Å². The number of carbonyl (C=O) groups excluding carboxylic acids is 1. The van der Waals surface area contributed by atoms with Crippen molar-refractivity contribution in [3.63, 3.8) is 0 Å². The molecule has 5 N–H and O–H groups in total. The summed E-state index contributed by atoms with van der Waals surface area (Å²) in [5.41, 5.74) is 0. The van der Waals surface area contributed by atoms with E-state index in [1.54, 1.807) is 0 Å². The van der Waals surface area contributed by atoms with Gasteiger partial charge in [-0.3, -0.25) is 4.52 Å². The van der Waals surface area contributed by atoms with Gasteiger partial charge < -0.3 is 30.1 Å². The fourth-order valence-electron chi connectivity index (χ4n) is 1.28. The van der Waals surface area contributed by atoms with Gasteiger partial charge in [0, 0.05) is 6.54 Å². The maximum absolute atomic E-state index is 11.2. The molecule has 0 aliphatic heterocycles. The standard InChI is InChI=1S/C10H22NO8P/c12-7-9(8-13)19-10(14)11-5-3-1-2-4-6-18-20(15,16)17/h9,12-13H,1-8H2,(H,11,14)(H2,15,16,17). The molecule has 0 aromatic heterocycles. The Labute approximate surface area is 117 Å². The van der Waals surface area contributed by atoms with Gasteiger partial charge in [0.2, 0.25) is 0 Å². The molecule has 0 saturated carbocycles. The average molecular weight is 315 g/mol. The van der Waals surface area contributed by atoms with Crippen molar-refractivity contribution in [3.05, 3.63) is 0 Å². The highest BCUT2D eigenvalue weighted by atomic mass is 31.2. The summed E-state index contributed by atoms with van der Waals surface area (Å²) in [6, 6.07) is 0. The molecule has 0 atom stereocenters. The van der Waals surface area contributed by atoms with Crippen LogP contribution >= 0.6 is 7.82 Å². The lowest BCUT2D eigenvalue weighted by Gasteiger charge is -2.13. The smallest absolute Gasteiger partial charge is 0.441 e. The Morgan fingerprint density at radius 2 is 1.70 bits per heavy atom. The number of aliphatic hydroxyl groups excluding tert-OH is 2. The second-order valence-corrected chi connectivity index (χ2v) is 5.30. The molecule has 20 heavy (non-hydrogen) atoms. The summed E-state index contributed by atoms with van der Waals surface area (Å²) in [6.07, 6.45) is 1.05. The van der Waals surface area contributed by atoms with Gasteiger partial charge in [0.05, 0.1) is 19.8 Å². The molecule has 120 valence electrons. The number of rotatable bonds is 11. The molecule has 0 aromatic carbocycles. The number of hydrogen-bond acceptors (Lipinski definition) is 6. The van der Waals surface area contributed by atoms with Crippen molar-refractivity contribution in [3.8, 4) is 0 Å². The van der Waals surface area contributed by atoms with Gasteiger partial charge in [-0.05, 0) is 12.8 Å². The molecule has 0 aliphatic carbocycles. The van der Waals surface area contributed by atoms with E-state index in [1.807, 2.05) is 0 Å². The van der Waals surface area contributed by atoms with Crippen LogP contribution in [0.2, 0.25) is 0 Å². The van der Waals surface area contributed by atoms with E-state index in [0.717, 1.165) is 6.42 Å². The van der Waals surface area contributed by atoms with Crippen molar-refractivity contribution in [1.29, 1.82) is 0 Å². The molecule has 0 rings (SSSR count). The van der Waals surface area contributed by atoms with Gasteiger partial charge in [-0.25, -0.2) is 9.36 Å². The maximum atomic E-state index is 11.2. The molecular formula is C10H22NO8P. The molecule has 0 bridgehead atoms. The van der Waals surface area contributed by atoms with Crippen LogP contribution in [-0.2, 0) is 13.8 Å². The third-order valence-corrected chi connectivity index (χ3v) is 2.80. The van der Waals surface area contributed by atoms with E-state index in [4.69, 9.17) is 20.0 Å². The quantitative estimate of drug-likeness (QED) is 0.259. The molecule has 9 nitrogen and oxygen atoms in total. The number of phosphoric ester groups is 1. The molecule has 0 aromatic rings. The number of nitrogens with one attached hydrogen (secondary N) is 1. The topological polar surface area (TPSA) is 146 Å². The van der Waals surface area contributed by atoms with Crippen LogP contribution in [0.4, 0.5) is 4.79 Å². The zero-order valence-electron chi connectivity index (χ0n) is 11.1. The summed E-state index contributed by atoms with van der Waals surface area (Å²) in [5, 5.41) is 19.8. The van der Waals surface area contributed by atoms with Crippen LogP contribution in [0.1, 0.15) is 25.7 Å². The second-order valence-electron chi connectivity index (χ2n) is 4.06. The summed E-state index contributed by atoms with van der Waals surface area (Å²) in [6.45, 7) is -0.511. The Hall–Kier alpha value is -0.700. The first-order valence-electron chi connectivity index (χ1n) is 6.25. The molecule has 0 spiro atoms. The predicted molar refractivity (Wildman–Crippen MR) is 68.9 cm³/mol. The molecular weight excluding hydrogens is 293 g/mol. The van der Waals surface area contributed by atoms with Gasteiger partial charge in [0.1, 0.15) is 6.10 Å². The number of hydrogen-bond donors (Lipinski definition) is 5. The highest BCUT2D eigenvalue weighted by molar-refractivity contribution is 7.46. The van der Waals surface area contributed by atoms with Crippen molar-refractivity contribution in [2.75, 3.05) is 26.4 Å². The van der Waals surface area contributed by atoms with Crippen molar-refractivity contribution in [2.45, 2.75) is 31.8 Å². The van der Waals surface area contributed by atoms with Gasteiger partial charge in [-0.1, -0.05) is 12.8 Å². The van der Waals surface area contributed by atoms with Crippen molar-refractivity contribution < 1.29 is 38.6 Å². The summed E-state index contributed by atoms with van der Waals surface area (Å²) < 4.78 is 19.3.